The molecule has 312 valence electrons. The van der Waals surface area contributed by atoms with Gasteiger partial charge >= 0.3 is 5.97 Å². The number of carbonyl (C=O) groups is 2. The highest BCUT2D eigenvalue weighted by Crippen LogP contribution is 2.45. The normalized spacial score (nSPS) is 12.1. The van der Waals surface area contributed by atoms with Gasteiger partial charge in [0.2, 0.25) is 11.6 Å². The first-order valence-electron chi connectivity index (χ1n) is 20.0. The number of aromatic nitrogens is 1. The van der Waals surface area contributed by atoms with Crippen LogP contribution in [0.15, 0.2) is 52.7 Å². The summed E-state index contributed by atoms with van der Waals surface area (Å²) in [7, 11) is 0. The zero-order valence-corrected chi connectivity index (χ0v) is 35.6. The second-order valence-electron chi connectivity index (χ2n) is 13.2. The minimum absolute atomic E-state index is 0.0293. The summed E-state index contributed by atoms with van der Waals surface area (Å²) in [6, 6.07) is 9.94. The number of azo groups is 1. The maximum absolute atomic E-state index is 12.2. The molecule has 1 amide bonds. The maximum atomic E-state index is 12.2. The molecule has 2 N–H and O–H groups in total. The Labute approximate surface area is 346 Å². The van der Waals surface area contributed by atoms with E-state index in [-0.39, 0.29) is 12.3 Å². The fraction of sp³-hybridized carbons (Fsp3) is 0.571. The van der Waals surface area contributed by atoms with Crippen LogP contribution in [0.25, 0.3) is 16.1 Å². The molecule has 0 spiro atoms. The maximum Gasteiger partial charge on any atom is 0.307 e. The smallest absolute Gasteiger partial charge is 0.307 e. The Morgan fingerprint density at radius 3 is 2.21 bits per heavy atom. The van der Waals surface area contributed by atoms with Gasteiger partial charge in [0.1, 0.15) is 10.7 Å². The van der Waals surface area contributed by atoms with Crippen molar-refractivity contribution in [3.05, 3.63) is 64.3 Å². The van der Waals surface area contributed by atoms with Gasteiger partial charge in [0.05, 0.1) is 58.7 Å². The summed E-state index contributed by atoms with van der Waals surface area (Å²) in [5.74, 6) is -1.92. The number of ether oxygens (including phenoxy) is 4. The number of nitrogens with one attached hydrogen (secondary N) is 1. The lowest BCUT2D eigenvalue weighted by molar-refractivity contribution is -0.143. The Balaban J connectivity index is 1.26. The standard InChI is InChI=1S/C42H60N6O7S2/c1-6-9-10-11-12-14-20-34(41(50)51)31-36(49)44-21-17-23-52-25-27-54-29-30-55-28-26-53-24-22-48(8-3)42-45-38(33-18-15-13-16-19-33)40(57-42)47-46-39-37(43-5)32(4)35(7-2)56-39/h12-16,18-19,34H,6-11,17,20-31H2,1-4H3,(H,44,49)(H,50,51)/b14-12+,47-46+. The van der Waals surface area contributed by atoms with Gasteiger partial charge in [0, 0.05) is 38.2 Å². The first-order chi connectivity index (χ1) is 27.8. The zero-order valence-electron chi connectivity index (χ0n) is 34.0. The Bertz CT molecular complexity index is 1710. The molecule has 0 fully saturated rings. The largest absolute Gasteiger partial charge is 0.481 e. The van der Waals surface area contributed by atoms with Crippen LogP contribution in [0.1, 0.15) is 76.2 Å². The van der Waals surface area contributed by atoms with E-state index in [1.54, 1.807) is 0 Å². The fourth-order valence-corrected chi connectivity index (χ4v) is 7.64. The summed E-state index contributed by atoms with van der Waals surface area (Å²) >= 11 is 3.00. The summed E-state index contributed by atoms with van der Waals surface area (Å²) in [6.45, 7) is 21.4. The van der Waals surface area contributed by atoms with Gasteiger partial charge in [-0.15, -0.1) is 16.5 Å². The number of benzene rings is 1. The van der Waals surface area contributed by atoms with E-state index >= 15 is 0 Å². The van der Waals surface area contributed by atoms with E-state index in [2.05, 4.69) is 46.1 Å². The summed E-state index contributed by atoms with van der Waals surface area (Å²) < 4.78 is 22.6. The van der Waals surface area contributed by atoms with Crippen molar-refractivity contribution in [3.63, 3.8) is 0 Å². The number of thiophene rings is 1. The van der Waals surface area contributed by atoms with Crippen LogP contribution in [0.3, 0.4) is 0 Å². The molecule has 2 aromatic heterocycles. The van der Waals surface area contributed by atoms with Crippen molar-refractivity contribution in [1.29, 1.82) is 0 Å². The predicted molar refractivity (Wildman–Crippen MR) is 229 cm³/mol. The van der Waals surface area contributed by atoms with E-state index < -0.39 is 11.9 Å². The number of rotatable bonds is 31. The molecule has 0 saturated carbocycles. The average Bonchev–Trinajstić information content (AvgIpc) is 3.78. The third kappa shape index (κ3) is 17.6. The topological polar surface area (TPSA) is 149 Å². The highest BCUT2D eigenvalue weighted by molar-refractivity contribution is 7.19. The van der Waals surface area contributed by atoms with Gasteiger partial charge in [0.25, 0.3) is 0 Å². The minimum Gasteiger partial charge on any atom is -0.481 e. The number of unbranched alkanes of at least 4 members (excludes halogenated alkanes) is 3. The van der Waals surface area contributed by atoms with E-state index in [9.17, 15) is 14.7 Å². The molecule has 57 heavy (non-hydrogen) atoms. The van der Waals surface area contributed by atoms with Gasteiger partial charge in [-0.05, 0) is 56.4 Å². The number of amides is 1. The van der Waals surface area contributed by atoms with Crippen molar-refractivity contribution >= 4 is 55.4 Å². The summed E-state index contributed by atoms with van der Waals surface area (Å²) in [5, 5.41) is 23.5. The van der Waals surface area contributed by atoms with Crippen molar-refractivity contribution < 1.29 is 33.6 Å². The predicted octanol–water partition coefficient (Wildman–Crippen LogP) is 9.73. The number of hydrogen-bond acceptors (Lipinski definition) is 12. The van der Waals surface area contributed by atoms with Crippen LogP contribution >= 0.6 is 22.7 Å². The number of carboxylic acids is 1. The number of carboxylic acid groups (broad SMARTS) is 1. The fourth-order valence-electron chi connectivity index (χ4n) is 5.64. The number of aryl methyl sites for hydroxylation is 1. The van der Waals surface area contributed by atoms with Gasteiger partial charge in [-0.2, -0.15) is 5.11 Å². The summed E-state index contributed by atoms with van der Waals surface area (Å²) in [5.41, 5.74) is 3.26. The van der Waals surface area contributed by atoms with Gasteiger partial charge in [-0.25, -0.2) is 9.83 Å². The highest BCUT2D eigenvalue weighted by Gasteiger charge is 2.20. The lowest BCUT2D eigenvalue weighted by Crippen LogP contribution is -2.29. The average molecular weight is 825 g/mol. The number of anilines is 1. The van der Waals surface area contributed by atoms with Crippen LogP contribution in [0.5, 0.6) is 0 Å². The monoisotopic (exact) mass is 824 g/mol. The van der Waals surface area contributed by atoms with Crippen molar-refractivity contribution in [1.82, 2.24) is 10.3 Å². The minimum atomic E-state index is -0.949. The highest BCUT2D eigenvalue weighted by atomic mass is 32.1. The molecule has 0 aliphatic heterocycles. The van der Waals surface area contributed by atoms with Crippen LogP contribution in [0, 0.1) is 19.4 Å². The van der Waals surface area contributed by atoms with Gasteiger partial charge in [0.15, 0.2) is 10.1 Å². The Morgan fingerprint density at radius 1 is 0.912 bits per heavy atom. The number of hydrogen-bond donors (Lipinski definition) is 2. The molecule has 0 aliphatic rings. The number of likely N-dealkylation sites (N-methyl/N-ethyl adjacent to an activating group) is 1. The Hall–Kier alpha value is -4.04. The van der Waals surface area contributed by atoms with Crippen LogP contribution in [0.4, 0.5) is 20.8 Å². The number of thiazole rings is 1. The van der Waals surface area contributed by atoms with Gasteiger partial charge < -0.3 is 34.3 Å². The molecule has 0 radical (unpaired) electrons. The van der Waals surface area contributed by atoms with Crippen molar-refractivity contribution in [2.75, 3.05) is 77.4 Å². The molecular formula is C42H60N6O7S2. The Kier molecular flexibility index (Phi) is 23.6. The van der Waals surface area contributed by atoms with Crippen LogP contribution in [-0.2, 0) is 35.0 Å². The number of aliphatic carboxylic acids is 1. The first-order valence-corrected chi connectivity index (χ1v) is 21.6. The second kappa shape index (κ2) is 28.4. The van der Waals surface area contributed by atoms with E-state index in [4.69, 9.17) is 30.5 Å². The molecular weight excluding hydrogens is 765 g/mol. The van der Waals surface area contributed by atoms with E-state index in [0.717, 1.165) is 65.5 Å². The molecule has 13 nitrogen and oxygen atoms in total. The third-order valence-electron chi connectivity index (χ3n) is 8.91. The molecule has 1 unspecified atom stereocenters. The number of nitrogens with zero attached hydrogens (tertiary/aromatic N) is 5. The van der Waals surface area contributed by atoms with Crippen molar-refractivity contribution in [3.8, 4) is 11.3 Å². The van der Waals surface area contributed by atoms with Crippen LogP contribution in [0.2, 0.25) is 0 Å². The zero-order chi connectivity index (χ0) is 41.1. The molecule has 0 saturated heterocycles. The van der Waals surface area contributed by atoms with E-state index in [1.165, 1.54) is 22.7 Å². The SMILES string of the molecule is [C-]#[N+]c1c(/N=N/c2sc(N(CC)CCOCCOCCOCCOCCCNC(=O)CC(C/C=C/CCCCC)C(=O)O)nc2-c2ccccc2)sc(CC)c1C. The van der Waals surface area contributed by atoms with E-state index in [0.29, 0.717) is 94.5 Å². The Morgan fingerprint density at radius 2 is 1.58 bits per heavy atom. The molecule has 2 heterocycles. The molecule has 3 aromatic rings. The molecule has 0 aliphatic carbocycles. The van der Waals surface area contributed by atoms with Crippen LogP contribution in [-0.4, -0.2) is 94.5 Å². The summed E-state index contributed by atoms with van der Waals surface area (Å²) in [6.07, 6.45) is 10.1. The lowest BCUT2D eigenvalue weighted by Gasteiger charge is -2.19. The van der Waals surface area contributed by atoms with Gasteiger partial charge in [-0.1, -0.05) is 80.5 Å². The number of carbonyl (C=O) groups excluding carboxylic acids is 1. The van der Waals surface area contributed by atoms with E-state index in [1.807, 2.05) is 49.4 Å². The van der Waals surface area contributed by atoms with Gasteiger partial charge in [-0.3, -0.25) is 9.59 Å². The molecule has 1 atom stereocenters. The quantitative estimate of drug-likeness (QED) is 0.0280. The van der Waals surface area contributed by atoms with Crippen molar-refractivity contribution in [2.45, 2.75) is 79.1 Å². The molecule has 3 rings (SSSR count). The first kappa shape index (κ1) is 47.3. The molecule has 15 heteroatoms. The molecule has 1 aromatic carbocycles. The summed E-state index contributed by atoms with van der Waals surface area (Å²) in [4.78, 5) is 35.7. The molecule has 0 bridgehead atoms. The third-order valence-corrected chi connectivity index (χ3v) is 11.2. The number of allylic oxidation sites excluding steroid dienone is 2. The van der Waals surface area contributed by atoms with Crippen molar-refractivity contribution in [2.24, 2.45) is 16.1 Å². The van der Waals surface area contributed by atoms with Crippen LogP contribution < -0.4 is 10.2 Å². The second-order valence-corrected chi connectivity index (χ2v) is 15.2. The lowest BCUT2D eigenvalue weighted by atomic mass is 10.0.